The van der Waals surface area contributed by atoms with Crippen LogP contribution < -0.4 is 10.1 Å². The van der Waals surface area contributed by atoms with Gasteiger partial charge in [0.1, 0.15) is 5.84 Å². The van der Waals surface area contributed by atoms with Crippen LogP contribution in [0.4, 0.5) is 4.39 Å². The topological polar surface area (TPSA) is 33.6 Å². The number of methoxy groups -OCH3 is 1. The lowest BCUT2D eigenvalue weighted by atomic mass is 10.1. The lowest BCUT2D eigenvalue weighted by molar-refractivity contribution is 0.386. The van der Waals surface area contributed by atoms with Crippen molar-refractivity contribution in [1.82, 2.24) is 5.32 Å². The molecule has 2 rings (SSSR count). The van der Waals surface area contributed by atoms with E-state index in [0.29, 0.717) is 0 Å². The molecule has 0 spiro atoms. The van der Waals surface area contributed by atoms with Crippen LogP contribution in [0.25, 0.3) is 0 Å². The van der Waals surface area contributed by atoms with Crippen molar-refractivity contribution >= 4 is 5.84 Å². The molecule has 0 amide bonds. The first-order valence-corrected chi connectivity index (χ1v) is 4.93. The van der Waals surface area contributed by atoms with Gasteiger partial charge in [-0.2, -0.15) is 0 Å². The zero-order chi connectivity index (χ0) is 10.7. The molecule has 1 heterocycles. The van der Waals surface area contributed by atoms with Crippen LogP contribution in [0.1, 0.15) is 12.0 Å². The van der Waals surface area contributed by atoms with Gasteiger partial charge in [-0.15, -0.1) is 0 Å². The average Bonchev–Trinajstić information content (AvgIpc) is 2.30. The number of halogens is 1. The Morgan fingerprint density at radius 1 is 1.47 bits per heavy atom. The second kappa shape index (κ2) is 4.29. The van der Waals surface area contributed by atoms with E-state index in [-0.39, 0.29) is 11.6 Å². The van der Waals surface area contributed by atoms with Crippen LogP contribution in [0.5, 0.6) is 5.75 Å². The van der Waals surface area contributed by atoms with Crippen LogP contribution >= 0.6 is 0 Å². The second-order valence-corrected chi connectivity index (χ2v) is 3.36. The van der Waals surface area contributed by atoms with Crippen molar-refractivity contribution in [3.8, 4) is 5.75 Å². The SMILES string of the molecule is COc1ccc(C2=NCCCN2)cc1F. The van der Waals surface area contributed by atoms with Crippen molar-refractivity contribution in [2.24, 2.45) is 4.99 Å². The highest BCUT2D eigenvalue weighted by molar-refractivity contribution is 5.99. The summed E-state index contributed by atoms with van der Waals surface area (Å²) in [5.41, 5.74) is 0.771. The van der Waals surface area contributed by atoms with Gasteiger partial charge in [0, 0.05) is 18.7 Å². The van der Waals surface area contributed by atoms with E-state index in [0.717, 1.165) is 30.9 Å². The van der Waals surface area contributed by atoms with E-state index in [1.165, 1.54) is 13.2 Å². The van der Waals surface area contributed by atoms with Crippen molar-refractivity contribution in [1.29, 1.82) is 0 Å². The maximum Gasteiger partial charge on any atom is 0.165 e. The van der Waals surface area contributed by atoms with Crippen LogP contribution in [0.15, 0.2) is 23.2 Å². The zero-order valence-corrected chi connectivity index (χ0v) is 8.59. The van der Waals surface area contributed by atoms with Gasteiger partial charge in [-0.25, -0.2) is 4.39 Å². The van der Waals surface area contributed by atoms with E-state index in [1.54, 1.807) is 12.1 Å². The molecule has 3 nitrogen and oxygen atoms in total. The molecule has 4 heteroatoms. The van der Waals surface area contributed by atoms with Crippen molar-refractivity contribution in [3.63, 3.8) is 0 Å². The number of rotatable bonds is 2. The molecule has 1 aromatic rings. The zero-order valence-electron chi connectivity index (χ0n) is 8.59. The van der Waals surface area contributed by atoms with E-state index in [2.05, 4.69) is 10.3 Å². The van der Waals surface area contributed by atoms with Gasteiger partial charge in [-0.1, -0.05) is 0 Å². The summed E-state index contributed by atoms with van der Waals surface area (Å²) in [5, 5.41) is 3.14. The molecule has 80 valence electrons. The fourth-order valence-electron chi connectivity index (χ4n) is 1.54. The Morgan fingerprint density at radius 2 is 2.33 bits per heavy atom. The van der Waals surface area contributed by atoms with Crippen molar-refractivity contribution < 1.29 is 9.13 Å². The molecule has 1 N–H and O–H groups in total. The molecular weight excluding hydrogens is 195 g/mol. The van der Waals surface area contributed by atoms with Gasteiger partial charge in [0.05, 0.1) is 7.11 Å². The lowest BCUT2D eigenvalue weighted by Gasteiger charge is -2.15. The van der Waals surface area contributed by atoms with Crippen LogP contribution in [0.2, 0.25) is 0 Å². The summed E-state index contributed by atoms with van der Waals surface area (Å²) in [5.74, 6) is 0.669. The standard InChI is InChI=1S/C11H13FN2O/c1-15-10-4-3-8(7-9(10)12)11-13-5-2-6-14-11/h3-4,7H,2,5-6H2,1H3,(H,13,14). The third-order valence-corrected chi connectivity index (χ3v) is 2.32. The highest BCUT2D eigenvalue weighted by atomic mass is 19.1. The summed E-state index contributed by atoms with van der Waals surface area (Å²) in [4.78, 5) is 4.29. The number of hydrogen-bond donors (Lipinski definition) is 1. The van der Waals surface area contributed by atoms with E-state index in [9.17, 15) is 4.39 Å². The highest BCUT2D eigenvalue weighted by Gasteiger charge is 2.10. The largest absolute Gasteiger partial charge is 0.494 e. The van der Waals surface area contributed by atoms with E-state index >= 15 is 0 Å². The maximum absolute atomic E-state index is 13.4. The summed E-state index contributed by atoms with van der Waals surface area (Å²) < 4.78 is 18.2. The summed E-state index contributed by atoms with van der Waals surface area (Å²) in [6.07, 6.45) is 1.03. The van der Waals surface area contributed by atoms with Gasteiger partial charge in [-0.3, -0.25) is 4.99 Å². The predicted octanol–water partition coefficient (Wildman–Crippen LogP) is 1.57. The maximum atomic E-state index is 13.4. The van der Waals surface area contributed by atoms with Gasteiger partial charge in [0.15, 0.2) is 11.6 Å². The quantitative estimate of drug-likeness (QED) is 0.800. The third-order valence-electron chi connectivity index (χ3n) is 2.32. The molecule has 1 aromatic carbocycles. The first-order chi connectivity index (χ1) is 7.31. The molecule has 1 aliphatic rings. The smallest absolute Gasteiger partial charge is 0.165 e. The fraction of sp³-hybridized carbons (Fsp3) is 0.364. The number of nitrogens with one attached hydrogen (secondary N) is 1. The van der Waals surface area contributed by atoms with Crippen LogP contribution in [0.3, 0.4) is 0 Å². The summed E-state index contributed by atoms with van der Waals surface area (Å²) >= 11 is 0. The van der Waals surface area contributed by atoms with Gasteiger partial charge >= 0.3 is 0 Å². The Hall–Kier alpha value is -1.58. The number of aliphatic imine (C=N–C) groups is 1. The fourth-order valence-corrected chi connectivity index (χ4v) is 1.54. The van der Waals surface area contributed by atoms with Crippen LogP contribution in [0, 0.1) is 5.82 Å². The minimum atomic E-state index is -0.356. The molecule has 0 unspecified atom stereocenters. The van der Waals surface area contributed by atoms with Crippen LogP contribution in [-0.2, 0) is 0 Å². The molecule has 0 radical (unpaired) electrons. The summed E-state index contributed by atoms with van der Waals surface area (Å²) in [6.45, 7) is 1.70. The molecule has 15 heavy (non-hydrogen) atoms. The van der Waals surface area contributed by atoms with E-state index in [4.69, 9.17) is 4.74 Å². The minimum Gasteiger partial charge on any atom is -0.494 e. The third kappa shape index (κ3) is 2.09. The molecule has 0 fully saturated rings. The Bertz CT molecular complexity index is 390. The van der Waals surface area contributed by atoms with E-state index in [1.807, 2.05) is 0 Å². The minimum absolute atomic E-state index is 0.259. The number of hydrogen-bond acceptors (Lipinski definition) is 3. The second-order valence-electron chi connectivity index (χ2n) is 3.36. The summed E-state index contributed by atoms with van der Waals surface area (Å²) in [6, 6.07) is 4.86. The number of nitrogens with zero attached hydrogens (tertiary/aromatic N) is 1. The first kappa shape index (κ1) is 9.96. The normalized spacial score (nSPS) is 15.5. The van der Waals surface area contributed by atoms with Crippen molar-refractivity contribution in [3.05, 3.63) is 29.6 Å². The Labute approximate surface area is 88.0 Å². The first-order valence-electron chi connectivity index (χ1n) is 4.93. The van der Waals surface area contributed by atoms with Crippen molar-refractivity contribution in [2.45, 2.75) is 6.42 Å². The molecule has 0 bridgehead atoms. The molecule has 0 saturated carbocycles. The average molecular weight is 208 g/mol. The Morgan fingerprint density at radius 3 is 2.93 bits per heavy atom. The van der Waals surface area contributed by atoms with E-state index < -0.39 is 0 Å². The molecule has 0 aromatic heterocycles. The lowest BCUT2D eigenvalue weighted by Crippen LogP contribution is -2.30. The number of ether oxygens (including phenoxy) is 1. The molecule has 0 aliphatic carbocycles. The summed E-state index contributed by atoms with van der Waals surface area (Å²) in [7, 11) is 1.45. The van der Waals surface area contributed by atoms with Gasteiger partial charge < -0.3 is 10.1 Å². The monoisotopic (exact) mass is 208 g/mol. The Kier molecular flexibility index (Phi) is 2.85. The molecule has 0 saturated heterocycles. The number of amidine groups is 1. The highest BCUT2D eigenvalue weighted by Crippen LogP contribution is 2.18. The van der Waals surface area contributed by atoms with Crippen molar-refractivity contribution in [2.75, 3.05) is 20.2 Å². The molecule has 0 atom stereocenters. The van der Waals surface area contributed by atoms with Gasteiger partial charge in [-0.05, 0) is 24.6 Å². The molecule has 1 aliphatic heterocycles. The van der Waals surface area contributed by atoms with Gasteiger partial charge in [0.25, 0.3) is 0 Å². The Balaban J connectivity index is 2.29. The number of benzene rings is 1. The van der Waals surface area contributed by atoms with Gasteiger partial charge in [0.2, 0.25) is 0 Å². The van der Waals surface area contributed by atoms with Crippen LogP contribution in [-0.4, -0.2) is 26.0 Å². The predicted molar refractivity (Wildman–Crippen MR) is 57.0 cm³/mol. The molecular formula is C11H13FN2O.